The van der Waals surface area contributed by atoms with E-state index in [1.54, 1.807) is 32.9 Å². The fraction of sp³-hybridized carbons (Fsp3) is 0.579. The lowest BCUT2D eigenvalue weighted by molar-refractivity contribution is -0.163. The van der Waals surface area contributed by atoms with E-state index in [9.17, 15) is 9.59 Å². The lowest BCUT2D eigenvalue weighted by Crippen LogP contribution is -2.41. The molecule has 0 spiro atoms. The van der Waals surface area contributed by atoms with E-state index >= 15 is 0 Å². The van der Waals surface area contributed by atoms with Crippen LogP contribution >= 0.6 is 0 Å². The molecule has 1 aliphatic rings. The van der Waals surface area contributed by atoms with Crippen molar-refractivity contribution in [2.24, 2.45) is 5.73 Å². The number of esters is 2. The van der Waals surface area contributed by atoms with Crippen LogP contribution in [-0.2, 0) is 30.2 Å². The van der Waals surface area contributed by atoms with Gasteiger partial charge in [0.1, 0.15) is 11.6 Å². The van der Waals surface area contributed by atoms with Crippen molar-refractivity contribution >= 4 is 11.9 Å². The number of hydrogen-bond donors (Lipinski definition) is 1. The van der Waals surface area contributed by atoms with Crippen molar-refractivity contribution < 1.29 is 23.8 Å². The zero-order valence-electron chi connectivity index (χ0n) is 15.3. The summed E-state index contributed by atoms with van der Waals surface area (Å²) < 4.78 is 15.9. The fourth-order valence-corrected chi connectivity index (χ4v) is 2.93. The number of nitrogens with two attached hydrogens (primary N) is 1. The molecule has 0 amide bonds. The van der Waals surface area contributed by atoms with E-state index in [1.807, 2.05) is 12.1 Å². The van der Waals surface area contributed by atoms with Gasteiger partial charge in [-0.05, 0) is 44.7 Å². The first-order valence-corrected chi connectivity index (χ1v) is 8.46. The van der Waals surface area contributed by atoms with Gasteiger partial charge in [-0.15, -0.1) is 0 Å². The number of carbonyl (C=O) groups excluding carboxylic acids is 2. The highest BCUT2D eigenvalue weighted by atomic mass is 16.6. The summed E-state index contributed by atoms with van der Waals surface area (Å²) >= 11 is 0. The molecule has 6 heteroatoms. The standard InChI is InChI=1S/C19H27NO5/c1-18(2,3)25-16(21)15(20)14-8-6-13(7-9-14)12-19(17(22)23-4)10-5-11-24-19/h6-9,15H,5,10-12,20H2,1-4H3. The van der Waals surface area contributed by atoms with Crippen molar-refractivity contribution in [3.8, 4) is 0 Å². The Labute approximate surface area is 148 Å². The predicted molar refractivity (Wildman–Crippen MR) is 92.9 cm³/mol. The molecule has 1 aliphatic heterocycles. The van der Waals surface area contributed by atoms with Gasteiger partial charge in [0.05, 0.1) is 7.11 Å². The first-order valence-electron chi connectivity index (χ1n) is 8.46. The quantitative estimate of drug-likeness (QED) is 0.821. The van der Waals surface area contributed by atoms with Crippen LogP contribution in [0, 0.1) is 0 Å². The number of benzene rings is 1. The Hall–Kier alpha value is -1.92. The van der Waals surface area contributed by atoms with Crippen LogP contribution in [0.3, 0.4) is 0 Å². The van der Waals surface area contributed by atoms with Gasteiger partial charge in [0.25, 0.3) is 0 Å². The minimum Gasteiger partial charge on any atom is -0.467 e. The zero-order valence-corrected chi connectivity index (χ0v) is 15.3. The first-order chi connectivity index (χ1) is 11.7. The minimum absolute atomic E-state index is 0.348. The zero-order chi connectivity index (χ0) is 18.7. The van der Waals surface area contributed by atoms with E-state index in [0.717, 1.165) is 12.0 Å². The van der Waals surface area contributed by atoms with Crippen LogP contribution in [0.2, 0.25) is 0 Å². The van der Waals surface area contributed by atoms with Gasteiger partial charge in [0, 0.05) is 13.0 Å². The number of methoxy groups -OCH3 is 1. The molecule has 2 rings (SSSR count). The van der Waals surface area contributed by atoms with Crippen molar-refractivity contribution in [3.63, 3.8) is 0 Å². The molecule has 6 nitrogen and oxygen atoms in total. The maximum atomic E-state index is 12.1. The molecule has 0 aromatic heterocycles. The van der Waals surface area contributed by atoms with Gasteiger partial charge in [0.15, 0.2) is 5.60 Å². The van der Waals surface area contributed by atoms with Gasteiger partial charge >= 0.3 is 11.9 Å². The molecule has 1 fully saturated rings. The number of ether oxygens (including phenoxy) is 3. The van der Waals surface area contributed by atoms with Crippen molar-refractivity contribution in [1.29, 1.82) is 0 Å². The fourth-order valence-electron chi connectivity index (χ4n) is 2.93. The van der Waals surface area contributed by atoms with Gasteiger partial charge < -0.3 is 19.9 Å². The molecule has 1 aromatic rings. The monoisotopic (exact) mass is 349 g/mol. The average molecular weight is 349 g/mol. The van der Waals surface area contributed by atoms with E-state index in [1.165, 1.54) is 7.11 Å². The minimum atomic E-state index is -0.913. The topological polar surface area (TPSA) is 87.9 Å². The summed E-state index contributed by atoms with van der Waals surface area (Å²) in [6.45, 7) is 5.95. The van der Waals surface area contributed by atoms with Gasteiger partial charge in [0.2, 0.25) is 0 Å². The molecule has 1 aromatic carbocycles. The first kappa shape index (κ1) is 19.4. The molecule has 138 valence electrons. The SMILES string of the molecule is COC(=O)C1(Cc2ccc(C(N)C(=O)OC(C)(C)C)cc2)CCCO1. The van der Waals surface area contributed by atoms with E-state index in [-0.39, 0.29) is 5.97 Å². The predicted octanol–water partition coefficient (Wildman–Crippen LogP) is 2.29. The molecule has 0 aliphatic carbocycles. The summed E-state index contributed by atoms with van der Waals surface area (Å²) in [5.41, 5.74) is 6.07. The summed E-state index contributed by atoms with van der Waals surface area (Å²) in [7, 11) is 1.37. The molecular formula is C19H27NO5. The van der Waals surface area contributed by atoms with Crippen LogP contribution in [0.25, 0.3) is 0 Å². The van der Waals surface area contributed by atoms with Gasteiger partial charge in [-0.2, -0.15) is 0 Å². The Morgan fingerprint density at radius 2 is 1.92 bits per heavy atom. The van der Waals surface area contributed by atoms with E-state index in [2.05, 4.69) is 0 Å². The number of rotatable bonds is 5. The molecule has 2 N–H and O–H groups in total. The van der Waals surface area contributed by atoms with Crippen molar-refractivity contribution in [2.45, 2.75) is 57.3 Å². The van der Waals surface area contributed by atoms with E-state index < -0.39 is 23.2 Å². The Morgan fingerprint density at radius 3 is 2.40 bits per heavy atom. The van der Waals surface area contributed by atoms with Crippen LogP contribution in [0.15, 0.2) is 24.3 Å². The Morgan fingerprint density at radius 1 is 1.28 bits per heavy atom. The van der Waals surface area contributed by atoms with Gasteiger partial charge in [-0.1, -0.05) is 24.3 Å². The van der Waals surface area contributed by atoms with Crippen LogP contribution in [0.4, 0.5) is 0 Å². The van der Waals surface area contributed by atoms with Crippen LogP contribution in [0.1, 0.15) is 50.8 Å². The van der Waals surface area contributed by atoms with Crippen LogP contribution in [-0.4, -0.2) is 36.9 Å². The largest absolute Gasteiger partial charge is 0.467 e. The van der Waals surface area contributed by atoms with Crippen LogP contribution < -0.4 is 5.73 Å². The van der Waals surface area contributed by atoms with E-state index in [4.69, 9.17) is 19.9 Å². The van der Waals surface area contributed by atoms with Gasteiger partial charge in [-0.25, -0.2) is 9.59 Å². The summed E-state index contributed by atoms with van der Waals surface area (Å²) in [4.78, 5) is 24.2. The highest BCUT2D eigenvalue weighted by Crippen LogP contribution is 2.31. The molecule has 2 unspecified atom stereocenters. The summed E-state index contributed by atoms with van der Waals surface area (Å²) in [5.74, 6) is -0.815. The van der Waals surface area contributed by atoms with E-state index in [0.29, 0.717) is 25.0 Å². The smallest absolute Gasteiger partial charge is 0.338 e. The maximum Gasteiger partial charge on any atom is 0.338 e. The number of carbonyl (C=O) groups is 2. The molecule has 2 atom stereocenters. The Balaban J connectivity index is 2.09. The third kappa shape index (κ3) is 4.80. The summed E-state index contributed by atoms with van der Waals surface area (Å²) in [6.07, 6.45) is 1.90. The van der Waals surface area contributed by atoms with Crippen molar-refractivity contribution in [1.82, 2.24) is 0 Å². The average Bonchev–Trinajstić information content (AvgIpc) is 3.02. The van der Waals surface area contributed by atoms with Gasteiger partial charge in [-0.3, -0.25) is 0 Å². The Kier molecular flexibility index (Phi) is 5.85. The lowest BCUT2D eigenvalue weighted by Gasteiger charge is -2.25. The third-order valence-electron chi connectivity index (χ3n) is 4.15. The number of hydrogen-bond acceptors (Lipinski definition) is 6. The molecule has 25 heavy (non-hydrogen) atoms. The third-order valence-corrected chi connectivity index (χ3v) is 4.15. The summed E-state index contributed by atoms with van der Waals surface area (Å²) in [5, 5.41) is 0. The highest BCUT2D eigenvalue weighted by Gasteiger charge is 2.43. The highest BCUT2D eigenvalue weighted by molar-refractivity contribution is 5.80. The lowest BCUT2D eigenvalue weighted by atomic mass is 9.91. The molecule has 0 bridgehead atoms. The maximum absolute atomic E-state index is 12.1. The second kappa shape index (κ2) is 7.54. The molecular weight excluding hydrogens is 322 g/mol. The van der Waals surface area contributed by atoms with Crippen LogP contribution in [0.5, 0.6) is 0 Å². The van der Waals surface area contributed by atoms with Crippen molar-refractivity contribution in [3.05, 3.63) is 35.4 Å². The Bertz CT molecular complexity index is 612. The normalized spacial score (nSPS) is 21.6. The summed E-state index contributed by atoms with van der Waals surface area (Å²) in [6, 6.07) is 6.43. The second-order valence-electron chi connectivity index (χ2n) is 7.37. The molecule has 0 radical (unpaired) electrons. The molecule has 1 heterocycles. The van der Waals surface area contributed by atoms with Crippen molar-refractivity contribution in [2.75, 3.05) is 13.7 Å². The molecule has 0 saturated carbocycles. The molecule has 1 saturated heterocycles. The second-order valence-corrected chi connectivity index (χ2v) is 7.37.